The number of aromatic nitrogens is 3. The highest BCUT2D eigenvalue weighted by molar-refractivity contribution is 6.35. The molecule has 2 aromatic rings. The second kappa shape index (κ2) is 4.35. The van der Waals surface area contributed by atoms with Crippen molar-refractivity contribution in [2.45, 2.75) is 6.92 Å². The maximum Gasteiger partial charge on any atom is 0.273 e. The molecule has 7 heteroatoms. The van der Waals surface area contributed by atoms with Crippen molar-refractivity contribution in [3.05, 3.63) is 44.4 Å². The molecule has 0 spiro atoms. The Morgan fingerprint density at radius 1 is 1.41 bits per heavy atom. The molecule has 5 nitrogen and oxygen atoms in total. The van der Waals surface area contributed by atoms with Gasteiger partial charge in [-0.1, -0.05) is 23.2 Å². The van der Waals surface area contributed by atoms with Crippen molar-refractivity contribution in [1.82, 2.24) is 14.8 Å². The highest BCUT2D eigenvalue weighted by atomic mass is 35.5. The SMILES string of the molecule is CC(=O)c1cc(=O)n(-c2ncc(Cl)cc2Cl)[nH]1. The lowest BCUT2D eigenvalue weighted by Crippen LogP contribution is -2.15. The summed E-state index contributed by atoms with van der Waals surface area (Å²) in [5.74, 6) is -0.0421. The Bertz CT molecular complexity index is 645. The maximum absolute atomic E-state index is 11.6. The molecule has 0 aliphatic heterocycles. The average Bonchev–Trinajstić information content (AvgIpc) is 2.61. The molecule has 17 heavy (non-hydrogen) atoms. The molecule has 0 radical (unpaired) electrons. The fourth-order valence-electron chi connectivity index (χ4n) is 1.31. The molecule has 2 heterocycles. The Morgan fingerprint density at radius 3 is 2.65 bits per heavy atom. The van der Waals surface area contributed by atoms with Crippen LogP contribution in [0.1, 0.15) is 17.4 Å². The first kappa shape index (κ1) is 11.9. The molecule has 0 aliphatic rings. The maximum atomic E-state index is 11.6. The fourth-order valence-corrected chi connectivity index (χ4v) is 1.77. The van der Waals surface area contributed by atoms with E-state index >= 15 is 0 Å². The number of carbonyl (C=O) groups is 1. The number of halogens is 2. The van der Waals surface area contributed by atoms with Crippen LogP contribution in [0, 0.1) is 0 Å². The molecule has 0 unspecified atom stereocenters. The summed E-state index contributed by atoms with van der Waals surface area (Å²) in [5.41, 5.74) is -0.213. The fraction of sp³-hybridized carbons (Fsp3) is 0.100. The standard InChI is InChI=1S/C10H7Cl2N3O2/c1-5(16)8-3-9(17)15(14-8)10-7(12)2-6(11)4-13-10/h2-4,14H,1H3. The topological polar surface area (TPSA) is 67.8 Å². The minimum Gasteiger partial charge on any atom is -0.293 e. The minimum atomic E-state index is -0.410. The molecule has 88 valence electrons. The molecule has 0 amide bonds. The Labute approximate surface area is 106 Å². The molecule has 0 atom stereocenters. The van der Waals surface area contributed by atoms with Crippen molar-refractivity contribution in [3.63, 3.8) is 0 Å². The van der Waals surface area contributed by atoms with Gasteiger partial charge in [0.2, 0.25) is 0 Å². The van der Waals surface area contributed by atoms with Gasteiger partial charge < -0.3 is 0 Å². The van der Waals surface area contributed by atoms with Crippen LogP contribution in [0.5, 0.6) is 0 Å². The number of pyridine rings is 1. The molecule has 0 bridgehead atoms. The van der Waals surface area contributed by atoms with E-state index in [2.05, 4.69) is 10.1 Å². The second-order valence-corrected chi connectivity index (χ2v) is 4.20. The molecular formula is C10H7Cl2N3O2. The molecule has 0 saturated carbocycles. The smallest absolute Gasteiger partial charge is 0.273 e. The van der Waals surface area contributed by atoms with E-state index in [9.17, 15) is 9.59 Å². The highest BCUT2D eigenvalue weighted by Gasteiger charge is 2.12. The summed E-state index contributed by atoms with van der Waals surface area (Å²) in [4.78, 5) is 26.7. The molecule has 0 aromatic carbocycles. The third kappa shape index (κ3) is 2.25. The summed E-state index contributed by atoms with van der Waals surface area (Å²) in [7, 11) is 0. The van der Waals surface area contributed by atoms with E-state index in [1.165, 1.54) is 25.3 Å². The Morgan fingerprint density at radius 2 is 2.12 bits per heavy atom. The van der Waals surface area contributed by atoms with Crippen LogP contribution in [0.3, 0.4) is 0 Å². The van der Waals surface area contributed by atoms with Crippen LogP contribution in [-0.2, 0) is 0 Å². The molecule has 2 aromatic heterocycles. The van der Waals surface area contributed by atoms with Gasteiger partial charge in [0.25, 0.3) is 5.56 Å². The lowest BCUT2D eigenvalue weighted by Gasteiger charge is -2.03. The minimum absolute atomic E-state index is 0.197. The van der Waals surface area contributed by atoms with Crippen LogP contribution in [0.25, 0.3) is 5.82 Å². The van der Waals surface area contributed by atoms with Crippen LogP contribution in [0.2, 0.25) is 10.0 Å². The summed E-state index contributed by atoms with van der Waals surface area (Å²) in [5, 5.41) is 3.21. The summed E-state index contributed by atoms with van der Waals surface area (Å²) < 4.78 is 1.09. The summed E-state index contributed by atoms with van der Waals surface area (Å²) in [6, 6.07) is 2.65. The number of carbonyl (C=O) groups excluding carboxylic acids is 1. The number of rotatable bonds is 2. The number of Topliss-reactive ketones (excluding diaryl/α,β-unsaturated/α-hetero) is 1. The zero-order chi connectivity index (χ0) is 12.6. The molecule has 0 aliphatic carbocycles. The van der Waals surface area contributed by atoms with Gasteiger partial charge in [0, 0.05) is 19.2 Å². The molecule has 1 N–H and O–H groups in total. The normalized spacial score (nSPS) is 10.5. The molecule has 0 fully saturated rings. The van der Waals surface area contributed by atoms with Crippen molar-refractivity contribution in [3.8, 4) is 5.82 Å². The summed E-state index contributed by atoms with van der Waals surface area (Å²) >= 11 is 11.6. The van der Waals surface area contributed by atoms with E-state index in [-0.39, 0.29) is 22.3 Å². The van der Waals surface area contributed by atoms with Crippen molar-refractivity contribution in [1.29, 1.82) is 0 Å². The van der Waals surface area contributed by atoms with E-state index in [4.69, 9.17) is 23.2 Å². The molecular weight excluding hydrogens is 265 g/mol. The Hall–Kier alpha value is -1.59. The third-order valence-electron chi connectivity index (χ3n) is 2.10. The number of ketones is 1. The number of aromatic amines is 1. The number of nitrogens with one attached hydrogen (secondary N) is 1. The first-order valence-electron chi connectivity index (χ1n) is 4.63. The average molecular weight is 272 g/mol. The van der Waals surface area contributed by atoms with Gasteiger partial charge in [-0.25, -0.2) is 4.98 Å². The van der Waals surface area contributed by atoms with Gasteiger partial charge in [0.05, 0.1) is 10.0 Å². The molecule has 2 rings (SSSR count). The van der Waals surface area contributed by atoms with Crippen molar-refractivity contribution in [2.75, 3.05) is 0 Å². The van der Waals surface area contributed by atoms with Crippen LogP contribution in [0.15, 0.2) is 23.1 Å². The second-order valence-electron chi connectivity index (χ2n) is 3.36. The highest BCUT2D eigenvalue weighted by Crippen LogP contribution is 2.20. The predicted octanol–water partition coefficient (Wildman–Crippen LogP) is 2.07. The quantitative estimate of drug-likeness (QED) is 0.851. The van der Waals surface area contributed by atoms with Gasteiger partial charge in [-0.3, -0.25) is 14.7 Å². The zero-order valence-electron chi connectivity index (χ0n) is 8.70. The number of H-pyrrole nitrogens is 1. The van der Waals surface area contributed by atoms with Gasteiger partial charge in [0.15, 0.2) is 11.6 Å². The van der Waals surface area contributed by atoms with Crippen LogP contribution in [0.4, 0.5) is 0 Å². The number of hydrogen-bond donors (Lipinski definition) is 1. The Kier molecular flexibility index (Phi) is 3.04. The van der Waals surface area contributed by atoms with E-state index < -0.39 is 5.56 Å². The number of nitrogens with zero attached hydrogens (tertiary/aromatic N) is 2. The summed E-state index contributed by atoms with van der Waals surface area (Å²) in [6.07, 6.45) is 1.36. The van der Waals surface area contributed by atoms with Crippen molar-refractivity contribution in [2.24, 2.45) is 0 Å². The van der Waals surface area contributed by atoms with Crippen molar-refractivity contribution < 1.29 is 4.79 Å². The Balaban J connectivity index is 2.60. The molecule has 0 saturated heterocycles. The first-order valence-corrected chi connectivity index (χ1v) is 5.39. The van der Waals surface area contributed by atoms with E-state index in [1.54, 1.807) is 0 Å². The van der Waals surface area contributed by atoms with Crippen LogP contribution >= 0.6 is 23.2 Å². The monoisotopic (exact) mass is 271 g/mol. The van der Waals surface area contributed by atoms with Crippen molar-refractivity contribution >= 4 is 29.0 Å². The largest absolute Gasteiger partial charge is 0.293 e. The lowest BCUT2D eigenvalue weighted by atomic mass is 10.3. The van der Waals surface area contributed by atoms with E-state index in [1.807, 2.05) is 0 Å². The first-order chi connectivity index (χ1) is 7.99. The summed E-state index contributed by atoms with van der Waals surface area (Å²) in [6.45, 7) is 1.35. The predicted molar refractivity (Wildman–Crippen MR) is 64.2 cm³/mol. The van der Waals surface area contributed by atoms with Crippen LogP contribution < -0.4 is 5.56 Å². The number of hydrogen-bond acceptors (Lipinski definition) is 3. The van der Waals surface area contributed by atoms with Gasteiger partial charge in [-0.05, 0) is 6.07 Å². The van der Waals surface area contributed by atoms with Gasteiger partial charge in [0.1, 0.15) is 5.69 Å². The van der Waals surface area contributed by atoms with Gasteiger partial charge in [-0.2, -0.15) is 4.68 Å². The van der Waals surface area contributed by atoms with Gasteiger partial charge >= 0.3 is 0 Å². The third-order valence-corrected chi connectivity index (χ3v) is 2.58. The zero-order valence-corrected chi connectivity index (χ0v) is 10.2. The van der Waals surface area contributed by atoms with Crippen LogP contribution in [-0.4, -0.2) is 20.5 Å². The van der Waals surface area contributed by atoms with E-state index in [0.717, 1.165) is 4.68 Å². The van der Waals surface area contributed by atoms with Gasteiger partial charge in [-0.15, -0.1) is 0 Å². The lowest BCUT2D eigenvalue weighted by molar-refractivity contribution is 0.101. The van der Waals surface area contributed by atoms with E-state index in [0.29, 0.717) is 5.02 Å².